The summed E-state index contributed by atoms with van der Waals surface area (Å²) in [4.78, 5) is 12.3. The molecule has 112 valence electrons. The van der Waals surface area contributed by atoms with E-state index in [1.54, 1.807) is 0 Å². The van der Waals surface area contributed by atoms with E-state index in [0.29, 0.717) is 6.54 Å². The topological polar surface area (TPSA) is 49.3 Å². The monoisotopic (exact) mass is 285 g/mol. The zero-order valence-electron chi connectivity index (χ0n) is 13.2. The molecule has 0 saturated heterocycles. The highest BCUT2D eigenvalue weighted by atomic mass is 16.2. The number of nitrogens with one attached hydrogen (secondary N) is 1. The predicted octanol–water partition coefficient (Wildman–Crippen LogP) is 2.33. The van der Waals surface area contributed by atoms with Gasteiger partial charge in [0, 0.05) is 18.0 Å². The Morgan fingerprint density at radius 1 is 1.29 bits per heavy atom. The summed E-state index contributed by atoms with van der Waals surface area (Å²) < 4.78 is 0. The molecule has 1 aromatic carbocycles. The second-order valence-electron chi connectivity index (χ2n) is 6.75. The van der Waals surface area contributed by atoms with E-state index < -0.39 is 0 Å². The van der Waals surface area contributed by atoms with Gasteiger partial charge in [-0.05, 0) is 28.5 Å². The van der Waals surface area contributed by atoms with E-state index in [0.717, 1.165) is 11.1 Å². The highest BCUT2D eigenvalue weighted by Gasteiger charge is 2.68. The van der Waals surface area contributed by atoms with Gasteiger partial charge in [-0.2, -0.15) is 0 Å². The zero-order chi connectivity index (χ0) is 15.7. The van der Waals surface area contributed by atoms with Crippen LogP contribution in [-0.2, 0) is 11.3 Å². The van der Waals surface area contributed by atoms with Crippen LogP contribution in [0, 0.1) is 28.6 Å². The first-order valence-corrected chi connectivity index (χ1v) is 7.27. The van der Waals surface area contributed by atoms with Gasteiger partial charge in [-0.15, -0.1) is 0 Å². The van der Waals surface area contributed by atoms with Crippen molar-refractivity contribution < 1.29 is 9.90 Å². The smallest absolute Gasteiger partial charge is 0.224 e. The third-order valence-corrected chi connectivity index (χ3v) is 4.99. The van der Waals surface area contributed by atoms with Crippen molar-refractivity contribution in [3.05, 3.63) is 35.4 Å². The van der Waals surface area contributed by atoms with Gasteiger partial charge in [0.1, 0.15) is 6.61 Å². The summed E-state index contributed by atoms with van der Waals surface area (Å²) in [6.07, 6.45) is 0. The third kappa shape index (κ3) is 2.96. The number of rotatable bonds is 3. The highest BCUT2D eigenvalue weighted by Crippen LogP contribution is 2.68. The summed E-state index contributed by atoms with van der Waals surface area (Å²) in [7, 11) is 0. The molecule has 1 aliphatic rings. The molecule has 1 aromatic rings. The third-order valence-electron chi connectivity index (χ3n) is 4.99. The number of aliphatic hydroxyl groups excluding tert-OH is 1. The molecule has 0 heterocycles. The molecule has 1 fully saturated rings. The first-order chi connectivity index (χ1) is 9.80. The van der Waals surface area contributed by atoms with Crippen LogP contribution in [0.3, 0.4) is 0 Å². The number of aliphatic hydroxyl groups is 1. The van der Waals surface area contributed by atoms with Crippen molar-refractivity contribution in [1.82, 2.24) is 5.32 Å². The van der Waals surface area contributed by atoms with E-state index in [1.807, 2.05) is 24.3 Å². The van der Waals surface area contributed by atoms with Crippen LogP contribution in [0.5, 0.6) is 0 Å². The van der Waals surface area contributed by atoms with Crippen molar-refractivity contribution in [2.45, 2.75) is 34.2 Å². The van der Waals surface area contributed by atoms with Gasteiger partial charge in [-0.1, -0.05) is 51.7 Å². The summed E-state index contributed by atoms with van der Waals surface area (Å²) in [5.41, 5.74) is 1.99. The molecule has 0 unspecified atom stereocenters. The minimum absolute atomic E-state index is 0.0610. The largest absolute Gasteiger partial charge is 0.384 e. The minimum atomic E-state index is -0.146. The summed E-state index contributed by atoms with van der Waals surface area (Å²) in [6, 6.07) is 7.70. The molecule has 1 amide bonds. The van der Waals surface area contributed by atoms with Crippen LogP contribution in [0.15, 0.2) is 24.3 Å². The molecule has 0 spiro atoms. The highest BCUT2D eigenvalue weighted by molar-refractivity contribution is 5.84. The maximum absolute atomic E-state index is 12.3. The maximum Gasteiger partial charge on any atom is 0.224 e. The molecule has 2 N–H and O–H groups in total. The van der Waals surface area contributed by atoms with Crippen molar-refractivity contribution >= 4 is 5.91 Å². The van der Waals surface area contributed by atoms with E-state index >= 15 is 0 Å². The summed E-state index contributed by atoms with van der Waals surface area (Å²) >= 11 is 0. The van der Waals surface area contributed by atoms with E-state index in [2.05, 4.69) is 44.9 Å². The van der Waals surface area contributed by atoms with Crippen molar-refractivity contribution in [2.75, 3.05) is 6.61 Å². The molecule has 0 radical (unpaired) electrons. The lowest BCUT2D eigenvalue weighted by Gasteiger charge is -2.07. The Morgan fingerprint density at radius 3 is 2.52 bits per heavy atom. The molecule has 1 aliphatic carbocycles. The molecular weight excluding hydrogens is 262 g/mol. The quantitative estimate of drug-likeness (QED) is 0.837. The Kier molecular flexibility index (Phi) is 4.11. The minimum Gasteiger partial charge on any atom is -0.384 e. The van der Waals surface area contributed by atoms with Gasteiger partial charge in [0.15, 0.2) is 0 Å². The Morgan fingerprint density at radius 2 is 1.95 bits per heavy atom. The normalized spacial score (nSPS) is 18.5. The number of hydrogen-bond acceptors (Lipinski definition) is 2. The summed E-state index contributed by atoms with van der Waals surface area (Å²) in [5, 5.41) is 11.7. The molecule has 0 aromatic heterocycles. The Labute approximate surface area is 126 Å². The fourth-order valence-corrected chi connectivity index (χ4v) is 3.04. The second kappa shape index (κ2) is 5.54. The average Bonchev–Trinajstić information content (AvgIpc) is 2.84. The van der Waals surface area contributed by atoms with Crippen LogP contribution in [0.1, 0.15) is 38.8 Å². The lowest BCUT2D eigenvalue weighted by Crippen LogP contribution is -2.26. The Hall–Kier alpha value is -1.79. The molecule has 3 heteroatoms. The lowest BCUT2D eigenvalue weighted by atomic mass is 10.0. The Balaban J connectivity index is 1.97. The van der Waals surface area contributed by atoms with Crippen LogP contribution in [-0.4, -0.2) is 17.6 Å². The van der Waals surface area contributed by atoms with Crippen molar-refractivity contribution in [2.24, 2.45) is 16.7 Å². The summed E-state index contributed by atoms with van der Waals surface area (Å²) in [5.74, 6) is 5.69. The van der Waals surface area contributed by atoms with Gasteiger partial charge in [-0.3, -0.25) is 4.79 Å². The number of carbonyl (C=O) groups excluding carboxylic acids is 1. The average molecular weight is 285 g/mol. The standard InChI is InChI=1S/C18H23NO2/c1-17(2)15(18(17,3)4)16(21)19-12-14-8-5-7-13(11-14)9-6-10-20/h5,7-8,11,15,20H,10,12H2,1-4H3,(H,19,21). The molecule has 0 aliphatic heterocycles. The molecule has 2 rings (SSSR count). The predicted molar refractivity (Wildman–Crippen MR) is 83.3 cm³/mol. The SMILES string of the molecule is CC1(C)C(C(=O)NCc2cccc(C#CCO)c2)C1(C)C. The molecular formula is C18H23NO2. The van der Waals surface area contributed by atoms with Crippen LogP contribution < -0.4 is 5.32 Å². The van der Waals surface area contributed by atoms with Gasteiger partial charge >= 0.3 is 0 Å². The zero-order valence-corrected chi connectivity index (χ0v) is 13.2. The maximum atomic E-state index is 12.3. The van der Waals surface area contributed by atoms with Crippen LogP contribution in [0.25, 0.3) is 0 Å². The van der Waals surface area contributed by atoms with Crippen LogP contribution in [0.4, 0.5) is 0 Å². The van der Waals surface area contributed by atoms with E-state index in [1.165, 1.54) is 0 Å². The van der Waals surface area contributed by atoms with Crippen LogP contribution in [0.2, 0.25) is 0 Å². The molecule has 21 heavy (non-hydrogen) atoms. The lowest BCUT2D eigenvalue weighted by molar-refractivity contribution is -0.123. The van der Waals surface area contributed by atoms with Gasteiger partial charge in [0.05, 0.1) is 0 Å². The van der Waals surface area contributed by atoms with Gasteiger partial charge < -0.3 is 10.4 Å². The fourth-order valence-electron chi connectivity index (χ4n) is 3.04. The van der Waals surface area contributed by atoms with E-state index in [9.17, 15) is 4.79 Å². The number of amides is 1. The number of hydrogen-bond donors (Lipinski definition) is 2. The first-order valence-electron chi connectivity index (χ1n) is 7.27. The molecule has 3 nitrogen and oxygen atoms in total. The molecule has 0 atom stereocenters. The van der Waals surface area contributed by atoms with E-state index in [-0.39, 0.29) is 29.3 Å². The number of carbonyl (C=O) groups is 1. The van der Waals surface area contributed by atoms with Crippen molar-refractivity contribution in [3.8, 4) is 11.8 Å². The van der Waals surface area contributed by atoms with Gasteiger partial charge in [-0.25, -0.2) is 0 Å². The van der Waals surface area contributed by atoms with Crippen molar-refractivity contribution in [3.63, 3.8) is 0 Å². The summed E-state index contributed by atoms with van der Waals surface area (Å²) in [6.45, 7) is 8.93. The number of benzene rings is 1. The van der Waals surface area contributed by atoms with E-state index in [4.69, 9.17) is 5.11 Å². The first kappa shape index (κ1) is 15.6. The fraction of sp³-hybridized carbons (Fsp3) is 0.500. The molecule has 0 bridgehead atoms. The van der Waals surface area contributed by atoms with Gasteiger partial charge in [0.2, 0.25) is 5.91 Å². The van der Waals surface area contributed by atoms with Gasteiger partial charge in [0.25, 0.3) is 0 Å². The molecule has 1 saturated carbocycles. The van der Waals surface area contributed by atoms with Crippen LogP contribution >= 0.6 is 0 Å². The Bertz CT molecular complexity index is 591. The van der Waals surface area contributed by atoms with Crippen molar-refractivity contribution in [1.29, 1.82) is 0 Å². The second-order valence-corrected chi connectivity index (χ2v) is 6.75.